The van der Waals surface area contributed by atoms with Crippen LogP contribution in [0.5, 0.6) is 0 Å². The molecule has 0 saturated carbocycles. The molecule has 0 bridgehead atoms. The van der Waals surface area contributed by atoms with Crippen molar-refractivity contribution in [3.63, 3.8) is 0 Å². The number of nitriles is 3. The van der Waals surface area contributed by atoms with E-state index in [4.69, 9.17) is 15.8 Å². The molecule has 43 valence electrons. The van der Waals surface area contributed by atoms with Crippen molar-refractivity contribution in [3.05, 3.63) is 23.5 Å². The highest BCUT2D eigenvalue weighted by Crippen LogP contribution is 2.33. The van der Waals surface area contributed by atoms with Crippen LogP contribution in [0.25, 0.3) is 0 Å². The summed E-state index contributed by atoms with van der Waals surface area (Å²) >= 11 is 0. The Labute approximate surface area is 58.4 Å². The van der Waals surface area contributed by atoms with Crippen molar-refractivity contribution >= 4 is 0 Å². The van der Waals surface area contributed by atoms with Crippen LogP contribution in [0.3, 0.4) is 0 Å². The highest BCUT2D eigenvalue weighted by Gasteiger charge is 2.42. The molecule has 1 radical (unpaired) electrons. The van der Waals surface area contributed by atoms with E-state index in [0.717, 1.165) is 0 Å². The molecule has 1 aliphatic rings. The van der Waals surface area contributed by atoms with Gasteiger partial charge in [-0.25, -0.2) is 0 Å². The lowest BCUT2D eigenvalue weighted by Crippen LogP contribution is -2.13. The molecule has 0 aromatic rings. The van der Waals surface area contributed by atoms with Gasteiger partial charge in [0.05, 0.1) is 6.42 Å². The van der Waals surface area contributed by atoms with Crippen molar-refractivity contribution in [2.24, 2.45) is 0 Å². The summed E-state index contributed by atoms with van der Waals surface area (Å²) in [7, 11) is 0. The molecule has 0 aliphatic heterocycles. The van der Waals surface area contributed by atoms with Gasteiger partial charge in [0.25, 0.3) is 12.0 Å². The quantitative estimate of drug-likeness (QED) is 0.448. The lowest BCUT2D eigenvalue weighted by atomic mass is 9.80. The van der Waals surface area contributed by atoms with Crippen molar-refractivity contribution in [1.29, 1.82) is 15.8 Å². The van der Waals surface area contributed by atoms with E-state index in [1.807, 2.05) is 0 Å². The Balaban J connectivity index is 2.94. The standard InChI is InChI=1S/C7HN3/c8-2-5-1-6(3-9)7(5)4-10/h1H/q+1. The van der Waals surface area contributed by atoms with Crippen LogP contribution in [0.2, 0.25) is 0 Å². The van der Waals surface area contributed by atoms with Gasteiger partial charge in [0.2, 0.25) is 5.57 Å². The summed E-state index contributed by atoms with van der Waals surface area (Å²) < 4.78 is 0. The Kier molecular flexibility index (Phi) is 1.32. The van der Waals surface area contributed by atoms with Crippen LogP contribution in [-0.2, 0) is 0 Å². The van der Waals surface area contributed by atoms with Gasteiger partial charge >= 0.3 is 0 Å². The molecule has 0 saturated heterocycles. The second-order valence-electron chi connectivity index (χ2n) is 1.68. The summed E-state index contributed by atoms with van der Waals surface area (Å²) in [6.07, 6.45) is 1.40. The largest absolute Gasteiger partial charge is 0.268 e. The lowest BCUT2D eigenvalue weighted by Gasteiger charge is -2.04. The number of nitrogens with zero attached hydrogens (tertiary/aromatic N) is 3. The molecule has 3 heteroatoms. The Morgan fingerprint density at radius 3 is 2.10 bits per heavy atom. The van der Waals surface area contributed by atoms with Crippen LogP contribution in [0.1, 0.15) is 0 Å². The van der Waals surface area contributed by atoms with Crippen molar-refractivity contribution in [1.82, 2.24) is 0 Å². The van der Waals surface area contributed by atoms with Crippen LogP contribution in [0.4, 0.5) is 0 Å². The molecule has 10 heavy (non-hydrogen) atoms. The zero-order chi connectivity index (χ0) is 7.56. The van der Waals surface area contributed by atoms with E-state index in [-0.39, 0.29) is 5.57 Å². The number of hydrogen-bond acceptors (Lipinski definition) is 3. The summed E-state index contributed by atoms with van der Waals surface area (Å²) in [5.74, 6) is 0.305. The normalized spacial score (nSPS) is 15.7. The summed E-state index contributed by atoms with van der Waals surface area (Å²) in [6, 6.07) is 5.36. The molecule has 1 aliphatic carbocycles. The smallest absolute Gasteiger partial charge is 0.194 e. The van der Waals surface area contributed by atoms with Crippen LogP contribution >= 0.6 is 0 Å². The summed E-state index contributed by atoms with van der Waals surface area (Å²) in [4.78, 5) is 0. The van der Waals surface area contributed by atoms with E-state index in [1.165, 1.54) is 6.42 Å². The first-order valence-corrected chi connectivity index (χ1v) is 2.50. The maximum absolute atomic E-state index is 8.34. The van der Waals surface area contributed by atoms with Crippen LogP contribution in [0.15, 0.2) is 11.1 Å². The maximum Gasteiger partial charge on any atom is 0.268 e. The molecule has 0 spiro atoms. The van der Waals surface area contributed by atoms with Gasteiger partial charge in [-0.2, -0.15) is 10.5 Å². The van der Waals surface area contributed by atoms with Crippen LogP contribution < -0.4 is 0 Å². The highest BCUT2D eigenvalue weighted by atomic mass is 14.4. The lowest BCUT2D eigenvalue weighted by molar-refractivity contribution is 1.15. The summed E-state index contributed by atoms with van der Waals surface area (Å²) in [5.41, 5.74) is 0.518. The van der Waals surface area contributed by atoms with E-state index in [0.29, 0.717) is 11.5 Å². The second-order valence-corrected chi connectivity index (χ2v) is 1.68. The molecule has 0 fully saturated rings. The van der Waals surface area contributed by atoms with Crippen molar-refractivity contribution in [3.8, 4) is 18.2 Å². The molecule has 0 unspecified atom stereocenters. The van der Waals surface area contributed by atoms with E-state index in [1.54, 1.807) is 18.2 Å². The summed E-state index contributed by atoms with van der Waals surface area (Å²) in [6.45, 7) is 0. The number of allylic oxidation sites excluding steroid dienone is 2. The first-order valence-electron chi connectivity index (χ1n) is 2.50. The Bertz CT molecular complexity index is 305. The third-order valence-electron chi connectivity index (χ3n) is 1.18. The molecule has 0 aromatic carbocycles. The van der Waals surface area contributed by atoms with Crippen LogP contribution in [-0.4, -0.2) is 0 Å². The van der Waals surface area contributed by atoms with Gasteiger partial charge < -0.3 is 0 Å². The third-order valence-corrected chi connectivity index (χ3v) is 1.18. The molecule has 0 atom stereocenters. The average Bonchev–Trinajstić information content (AvgIpc) is 1.89. The third kappa shape index (κ3) is 0.607. The predicted octanol–water partition coefficient (Wildman–Crippen LogP) is 0.646. The minimum Gasteiger partial charge on any atom is -0.194 e. The van der Waals surface area contributed by atoms with Gasteiger partial charge in [0.1, 0.15) is 6.07 Å². The molecule has 0 N–H and O–H groups in total. The number of rotatable bonds is 0. The van der Waals surface area contributed by atoms with Gasteiger partial charge in [-0.15, -0.1) is 0 Å². The SMILES string of the molecule is N#C[C]1[CH+]C(C#N)=C1C#N. The van der Waals surface area contributed by atoms with Gasteiger partial charge in [0.15, 0.2) is 11.6 Å². The van der Waals surface area contributed by atoms with E-state index in [9.17, 15) is 0 Å². The van der Waals surface area contributed by atoms with Gasteiger partial charge in [-0.05, 0) is 0 Å². The monoisotopic (exact) mass is 127 g/mol. The number of hydrogen-bond donors (Lipinski definition) is 0. The first-order chi connectivity index (χ1) is 4.83. The Morgan fingerprint density at radius 1 is 1.00 bits per heavy atom. The fourth-order valence-electron chi connectivity index (χ4n) is 0.653. The fraction of sp³-hybridized carbons (Fsp3) is 0. The molecule has 3 nitrogen and oxygen atoms in total. The molecule has 1 rings (SSSR count). The minimum atomic E-state index is 0.213. The van der Waals surface area contributed by atoms with E-state index < -0.39 is 0 Å². The summed E-state index contributed by atoms with van der Waals surface area (Å²) in [5, 5.41) is 24.9. The van der Waals surface area contributed by atoms with Gasteiger partial charge in [-0.3, -0.25) is 0 Å². The molecular weight excluding hydrogens is 126 g/mol. The van der Waals surface area contributed by atoms with Gasteiger partial charge in [0, 0.05) is 0 Å². The maximum atomic E-state index is 8.34. The van der Waals surface area contributed by atoms with E-state index >= 15 is 0 Å². The van der Waals surface area contributed by atoms with Crippen molar-refractivity contribution < 1.29 is 0 Å². The zero-order valence-corrected chi connectivity index (χ0v) is 4.92. The minimum absolute atomic E-state index is 0.213. The fourth-order valence-corrected chi connectivity index (χ4v) is 0.653. The Morgan fingerprint density at radius 2 is 1.70 bits per heavy atom. The Hall–Kier alpha value is -1.92. The molecule has 0 heterocycles. The topological polar surface area (TPSA) is 71.4 Å². The first kappa shape index (κ1) is 6.20. The van der Waals surface area contributed by atoms with E-state index in [2.05, 4.69) is 0 Å². The molecule has 0 aromatic heterocycles. The molecular formula is C7HN3+. The zero-order valence-electron chi connectivity index (χ0n) is 4.92. The second kappa shape index (κ2) is 2.13. The average molecular weight is 127 g/mol. The highest BCUT2D eigenvalue weighted by molar-refractivity contribution is 5.69. The van der Waals surface area contributed by atoms with Gasteiger partial charge in [-0.1, -0.05) is 5.26 Å². The predicted molar refractivity (Wildman–Crippen MR) is 31.4 cm³/mol. The molecule has 0 amide bonds. The van der Waals surface area contributed by atoms with Crippen LogP contribution in [0, 0.1) is 46.3 Å². The van der Waals surface area contributed by atoms with Crippen molar-refractivity contribution in [2.45, 2.75) is 0 Å². The van der Waals surface area contributed by atoms with Crippen molar-refractivity contribution in [2.75, 3.05) is 0 Å².